The van der Waals surface area contributed by atoms with E-state index in [2.05, 4.69) is 24.4 Å². The molecule has 1 aliphatic rings. The minimum Gasteiger partial charge on any atom is -0.481 e. The summed E-state index contributed by atoms with van der Waals surface area (Å²) in [5, 5.41) is 12.1. The standard InChI is InChI=1S/C18H25NO3/c1-4-18(5-2,11-16(20)21)19-17(22)15-10-14(15)13-9-7-6-8-12(13)3/h6-9,14-15H,4-5,10-11H2,1-3H3,(H,19,22)(H,20,21). The van der Waals surface area contributed by atoms with Crippen molar-refractivity contribution < 1.29 is 14.7 Å². The molecule has 2 atom stereocenters. The molecule has 0 spiro atoms. The molecule has 1 amide bonds. The molecule has 0 bridgehead atoms. The lowest BCUT2D eigenvalue weighted by atomic mass is 9.88. The summed E-state index contributed by atoms with van der Waals surface area (Å²) >= 11 is 0. The highest BCUT2D eigenvalue weighted by molar-refractivity contribution is 5.84. The lowest BCUT2D eigenvalue weighted by molar-refractivity contribution is -0.139. The van der Waals surface area contributed by atoms with Crippen LogP contribution in [0, 0.1) is 12.8 Å². The molecule has 1 aliphatic carbocycles. The molecule has 22 heavy (non-hydrogen) atoms. The third kappa shape index (κ3) is 3.49. The predicted molar refractivity (Wildman–Crippen MR) is 85.7 cm³/mol. The van der Waals surface area contributed by atoms with Crippen molar-refractivity contribution >= 4 is 11.9 Å². The molecular weight excluding hydrogens is 278 g/mol. The van der Waals surface area contributed by atoms with Crippen molar-refractivity contribution in [3.05, 3.63) is 35.4 Å². The van der Waals surface area contributed by atoms with E-state index in [0.29, 0.717) is 12.8 Å². The normalized spacial score (nSPS) is 20.5. The van der Waals surface area contributed by atoms with Gasteiger partial charge in [0.05, 0.1) is 6.42 Å². The zero-order chi connectivity index (χ0) is 16.3. The molecule has 1 aromatic rings. The van der Waals surface area contributed by atoms with E-state index in [9.17, 15) is 9.59 Å². The fourth-order valence-electron chi connectivity index (χ4n) is 3.20. The minimum absolute atomic E-state index is 0.00166. The van der Waals surface area contributed by atoms with E-state index in [4.69, 9.17) is 5.11 Å². The lowest BCUT2D eigenvalue weighted by Gasteiger charge is -2.31. The SMILES string of the molecule is CCC(CC)(CC(=O)O)NC(=O)C1CC1c1ccccc1C. The van der Waals surface area contributed by atoms with Crippen molar-refractivity contribution in [3.8, 4) is 0 Å². The maximum absolute atomic E-state index is 12.5. The lowest BCUT2D eigenvalue weighted by Crippen LogP contribution is -2.49. The van der Waals surface area contributed by atoms with Gasteiger partial charge in [0, 0.05) is 11.5 Å². The molecule has 2 N–H and O–H groups in total. The van der Waals surface area contributed by atoms with Crippen LogP contribution in [-0.2, 0) is 9.59 Å². The smallest absolute Gasteiger partial charge is 0.305 e. The Hall–Kier alpha value is -1.84. The molecular formula is C18H25NO3. The first-order valence-corrected chi connectivity index (χ1v) is 8.01. The van der Waals surface area contributed by atoms with Crippen LogP contribution >= 0.6 is 0 Å². The Kier molecular flexibility index (Phi) is 4.89. The Labute approximate surface area is 131 Å². The van der Waals surface area contributed by atoms with Crippen LogP contribution < -0.4 is 5.32 Å². The van der Waals surface area contributed by atoms with Crippen LogP contribution in [0.3, 0.4) is 0 Å². The summed E-state index contributed by atoms with van der Waals surface area (Å²) in [4.78, 5) is 23.6. The number of hydrogen-bond acceptors (Lipinski definition) is 2. The van der Waals surface area contributed by atoms with E-state index in [-0.39, 0.29) is 24.2 Å². The van der Waals surface area contributed by atoms with Gasteiger partial charge in [0.2, 0.25) is 5.91 Å². The van der Waals surface area contributed by atoms with Crippen LogP contribution in [0.15, 0.2) is 24.3 Å². The number of hydrogen-bond donors (Lipinski definition) is 2. The van der Waals surface area contributed by atoms with E-state index in [1.54, 1.807) is 0 Å². The van der Waals surface area contributed by atoms with Crippen LogP contribution in [-0.4, -0.2) is 22.5 Å². The van der Waals surface area contributed by atoms with Gasteiger partial charge in [-0.2, -0.15) is 0 Å². The monoisotopic (exact) mass is 303 g/mol. The highest BCUT2D eigenvalue weighted by atomic mass is 16.4. The number of carboxylic acid groups (broad SMARTS) is 1. The summed E-state index contributed by atoms with van der Waals surface area (Å²) in [6.07, 6.45) is 2.09. The third-order valence-electron chi connectivity index (χ3n) is 4.95. The molecule has 4 nitrogen and oxygen atoms in total. The minimum atomic E-state index is -0.866. The third-order valence-corrected chi connectivity index (χ3v) is 4.95. The van der Waals surface area contributed by atoms with Gasteiger partial charge in [-0.1, -0.05) is 38.1 Å². The first-order valence-electron chi connectivity index (χ1n) is 8.01. The van der Waals surface area contributed by atoms with Crippen molar-refractivity contribution in [1.82, 2.24) is 5.32 Å². The Balaban J connectivity index is 2.04. The van der Waals surface area contributed by atoms with Crippen molar-refractivity contribution in [2.45, 2.75) is 57.9 Å². The topological polar surface area (TPSA) is 66.4 Å². The van der Waals surface area contributed by atoms with Crippen molar-refractivity contribution in [1.29, 1.82) is 0 Å². The number of carbonyl (C=O) groups is 2. The second-order valence-electron chi connectivity index (χ2n) is 6.35. The van der Waals surface area contributed by atoms with Crippen molar-refractivity contribution in [2.75, 3.05) is 0 Å². The average Bonchev–Trinajstić information content (AvgIpc) is 3.27. The zero-order valence-electron chi connectivity index (χ0n) is 13.6. The van der Waals surface area contributed by atoms with E-state index in [1.165, 1.54) is 11.1 Å². The van der Waals surface area contributed by atoms with Crippen LogP contribution in [0.25, 0.3) is 0 Å². The summed E-state index contributed by atoms with van der Waals surface area (Å²) < 4.78 is 0. The molecule has 4 heteroatoms. The Morgan fingerprint density at radius 1 is 1.27 bits per heavy atom. The molecule has 2 unspecified atom stereocenters. The van der Waals surface area contributed by atoms with Gasteiger partial charge in [0.15, 0.2) is 0 Å². The van der Waals surface area contributed by atoms with Crippen LogP contribution in [0.2, 0.25) is 0 Å². The number of aliphatic carboxylic acids is 1. The van der Waals surface area contributed by atoms with Crippen LogP contribution in [0.5, 0.6) is 0 Å². The maximum atomic E-state index is 12.5. The van der Waals surface area contributed by atoms with Crippen LogP contribution in [0.4, 0.5) is 0 Å². The summed E-state index contributed by atoms with van der Waals surface area (Å²) in [6.45, 7) is 5.92. The van der Waals surface area contributed by atoms with E-state index >= 15 is 0 Å². The van der Waals surface area contributed by atoms with E-state index in [1.807, 2.05) is 26.0 Å². The quantitative estimate of drug-likeness (QED) is 0.812. The highest BCUT2D eigenvalue weighted by Crippen LogP contribution is 2.48. The summed E-state index contributed by atoms with van der Waals surface area (Å²) in [5.41, 5.74) is 1.83. The van der Waals surface area contributed by atoms with Gasteiger partial charge >= 0.3 is 5.97 Å². The molecule has 0 aromatic heterocycles. The average molecular weight is 303 g/mol. The van der Waals surface area contributed by atoms with Crippen molar-refractivity contribution in [2.24, 2.45) is 5.92 Å². The molecule has 0 radical (unpaired) electrons. The molecule has 2 rings (SSSR count). The molecule has 0 heterocycles. The number of benzene rings is 1. The van der Waals surface area contributed by atoms with Gasteiger partial charge in [-0.05, 0) is 43.2 Å². The van der Waals surface area contributed by atoms with Crippen molar-refractivity contribution in [3.63, 3.8) is 0 Å². The second-order valence-corrected chi connectivity index (χ2v) is 6.35. The maximum Gasteiger partial charge on any atom is 0.305 e. The fraction of sp³-hybridized carbons (Fsp3) is 0.556. The molecule has 1 saturated carbocycles. The molecule has 0 aliphatic heterocycles. The van der Waals surface area contributed by atoms with E-state index in [0.717, 1.165) is 6.42 Å². The molecule has 120 valence electrons. The summed E-state index contributed by atoms with van der Waals surface area (Å²) in [7, 11) is 0. The van der Waals surface area contributed by atoms with Crippen LogP contribution in [0.1, 0.15) is 56.6 Å². The fourth-order valence-corrected chi connectivity index (χ4v) is 3.20. The number of amides is 1. The number of carbonyl (C=O) groups excluding carboxylic acids is 1. The largest absolute Gasteiger partial charge is 0.481 e. The Morgan fingerprint density at radius 2 is 1.91 bits per heavy atom. The molecule has 1 fully saturated rings. The summed E-state index contributed by atoms with van der Waals surface area (Å²) in [6, 6.07) is 8.15. The zero-order valence-corrected chi connectivity index (χ0v) is 13.6. The van der Waals surface area contributed by atoms with Gasteiger partial charge in [-0.25, -0.2) is 0 Å². The van der Waals surface area contributed by atoms with Gasteiger partial charge in [0.25, 0.3) is 0 Å². The number of nitrogens with one attached hydrogen (secondary N) is 1. The first kappa shape index (κ1) is 16.5. The Morgan fingerprint density at radius 3 is 2.45 bits per heavy atom. The van der Waals surface area contributed by atoms with Gasteiger partial charge in [-0.3, -0.25) is 9.59 Å². The van der Waals surface area contributed by atoms with Gasteiger partial charge in [0.1, 0.15) is 0 Å². The molecule has 1 aromatic carbocycles. The molecule has 0 saturated heterocycles. The number of aryl methyl sites for hydroxylation is 1. The van der Waals surface area contributed by atoms with Gasteiger partial charge in [-0.15, -0.1) is 0 Å². The van der Waals surface area contributed by atoms with E-state index < -0.39 is 11.5 Å². The predicted octanol–water partition coefficient (Wildman–Crippen LogP) is 3.25. The summed E-state index contributed by atoms with van der Waals surface area (Å²) in [5.74, 6) is -0.613. The number of carboxylic acids is 1. The second kappa shape index (κ2) is 6.51. The highest BCUT2D eigenvalue weighted by Gasteiger charge is 2.46. The first-order chi connectivity index (χ1) is 10.4. The Bertz CT molecular complexity index is 563. The van der Waals surface area contributed by atoms with Gasteiger partial charge < -0.3 is 10.4 Å². The number of rotatable bonds is 7.